The Labute approximate surface area is 121 Å². The highest BCUT2D eigenvalue weighted by atomic mass is 32.2. The van der Waals surface area contributed by atoms with Gasteiger partial charge in [0.2, 0.25) is 10.0 Å². The first-order valence-corrected chi connectivity index (χ1v) is 7.53. The predicted molar refractivity (Wildman–Crippen MR) is 73.4 cm³/mol. The van der Waals surface area contributed by atoms with Gasteiger partial charge in [0.25, 0.3) is 0 Å². The van der Waals surface area contributed by atoms with Gasteiger partial charge < -0.3 is 9.63 Å². The summed E-state index contributed by atoms with van der Waals surface area (Å²) in [6.07, 6.45) is 1.34. The molecule has 2 aromatic rings. The van der Waals surface area contributed by atoms with Gasteiger partial charge in [-0.3, -0.25) is 0 Å². The average Bonchev–Trinajstić information content (AvgIpc) is 2.88. The van der Waals surface area contributed by atoms with Crippen LogP contribution in [-0.2, 0) is 16.6 Å². The largest absolute Gasteiger partial charge is 0.478 e. The number of sulfonamides is 1. The average molecular weight is 310 g/mol. The van der Waals surface area contributed by atoms with E-state index in [1.807, 2.05) is 0 Å². The van der Waals surface area contributed by atoms with E-state index < -0.39 is 16.0 Å². The second-order valence-electron chi connectivity index (χ2n) is 4.55. The quantitative estimate of drug-likeness (QED) is 0.865. The first-order valence-electron chi connectivity index (χ1n) is 6.05. The van der Waals surface area contributed by atoms with Gasteiger partial charge in [-0.25, -0.2) is 17.9 Å². The zero-order chi connectivity index (χ0) is 15.6. The lowest BCUT2D eigenvalue weighted by Gasteiger charge is -2.11. The van der Waals surface area contributed by atoms with Gasteiger partial charge in [0.15, 0.2) is 0 Å². The van der Waals surface area contributed by atoms with E-state index in [0.717, 1.165) is 6.07 Å². The number of rotatable bonds is 5. The molecule has 2 N–H and O–H groups in total. The van der Waals surface area contributed by atoms with Crippen molar-refractivity contribution < 1.29 is 22.8 Å². The van der Waals surface area contributed by atoms with Crippen molar-refractivity contribution in [2.45, 2.75) is 25.3 Å². The third-order valence-electron chi connectivity index (χ3n) is 2.98. The molecule has 0 fully saturated rings. The fourth-order valence-electron chi connectivity index (χ4n) is 1.93. The summed E-state index contributed by atoms with van der Waals surface area (Å²) >= 11 is 0. The number of hydrogen-bond acceptors (Lipinski definition) is 5. The summed E-state index contributed by atoms with van der Waals surface area (Å²) in [6, 6.07) is 4.24. The first kappa shape index (κ1) is 15.2. The molecule has 112 valence electrons. The molecule has 0 unspecified atom stereocenters. The molecule has 0 aliphatic rings. The van der Waals surface area contributed by atoms with Crippen LogP contribution >= 0.6 is 0 Å². The SMILES string of the molecule is Cc1cc(C)c(S(=O)(=O)NCc2ccon2)cc1C(=O)O. The predicted octanol–water partition coefficient (Wildman–Crippen LogP) is 1.47. The Morgan fingerprint density at radius 2 is 2.05 bits per heavy atom. The summed E-state index contributed by atoms with van der Waals surface area (Å²) in [4.78, 5) is 11.1. The minimum Gasteiger partial charge on any atom is -0.478 e. The first-order chi connectivity index (χ1) is 9.81. The van der Waals surface area contributed by atoms with Crippen molar-refractivity contribution >= 4 is 16.0 Å². The van der Waals surface area contributed by atoms with Crippen LogP contribution in [-0.4, -0.2) is 24.7 Å². The fourth-order valence-corrected chi connectivity index (χ4v) is 3.18. The van der Waals surface area contributed by atoms with E-state index in [-0.39, 0.29) is 17.0 Å². The van der Waals surface area contributed by atoms with Gasteiger partial charge in [0.05, 0.1) is 22.7 Å². The Bertz CT molecular complexity index is 766. The molecule has 1 aromatic carbocycles. The van der Waals surface area contributed by atoms with Gasteiger partial charge in [-0.1, -0.05) is 11.2 Å². The third-order valence-corrected chi connectivity index (χ3v) is 4.52. The molecule has 1 heterocycles. The smallest absolute Gasteiger partial charge is 0.335 e. The Morgan fingerprint density at radius 1 is 1.33 bits per heavy atom. The molecular weight excluding hydrogens is 296 g/mol. The lowest BCUT2D eigenvalue weighted by atomic mass is 10.1. The number of carboxylic acid groups (broad SMARTS) is 1. The summed E-state index contributed by atoms with van der Waals surface area (Å²) in [5.74, 6) is -1.17. The third kappa shape index (κ3) is 3.29. The number of nitrogens with one attached hydrogen (secondary N) is 1. The minimum absolute atomic E-state index is 0.0332. The highest BCUT2D eigenvalue weighted by molar-refractivity contribution is 7.89. The van der Waals surface area contributed by atoms with Crippen molar-refractivity contribution in [1.29, 1.82) is 0 Å². The standard InChI is InChI=1S/C13H14N2O5S/c1-8-5-9(2)12(6-11(8)13(16)17)21(18,19)14-7-10-3-4-20-15-10/h3-6,14H,7H2,1-2H3,(H,16,17). The maximum atomic E-state index is 12.3. The molecule has 0 aliphatic carbocycles. The van der Waals surface area contributed by atoms with E-state index in [1.165, 1.54) is 18.4 Å². The van der Waals surface area contributed by atoms with Gasteiger partial charge in [-0.05, 0) is 31.0 Å². The molecular formula is C13H14N2O5S. The minimum atomic E-state index is -3.83. The van der Waals surface area contributed by atoms with Crippen molar-refractivity contribution in [3.8, 4) is 0 Å². The van der Waals surface area contributed by atoms with Crippen molar-refractivity contribution in [3.05, 3.63) is 46.8 Å². The number of aromatic nitrogens is 1. The molecule has 8 heteroatoms. The van der Waals surface area contributed by atoms with Crippen LogP contribution in [0, 0.1) is 13.8 Å². The highest BCUT2D eigenvalue weighted by Gasteiger charge is 2.20. The van der Waals surface area contributed by atoms with Crippen molar-refractivity contribution in [3.63, 3.8) is 0 Å². The van der Waals surface area contributed by atoms with Gasteiger partial charge in [-0.15, -0.1) is 0 Å². The van der Waals surface area contributed by atoms with Crippen LogP contribution in [0.1, 0.15) is 27.2 Å². The van der Waals surface area contributed by atoms with Crippen molar-refractivity contribution in [1.82, 2.24) is 9.88 Å². The molecule has 7 nitrogen and oxygen atoms in total. The molecule has 0 radical (unpaired) electrons. The zero-order valence-electron chi connectivity index (χ0n) is 11.5. The molecule has 0 saturated carbocycles. The Kier molecular flexibility index (Phi) is 4.10. The number of nitrogens with zero attached hydrogens (tertiary/aromatic N) is 1. The maximum Gasteiger partial charge on any atom is 0.335 e. The monoisotopic (exact) mass is 310 g/mol. The van der Waals surface area contributed by atoms with Crippen LogP contribution in [0.15, 0.2) is 33.9 Å². The molecule has 0 aliphatic heterocycles. The zero-order valence-corrected chi connectivity index (χ0v) is 12.3. The Morgan fingerprint density at radius 3 is 2.62 bits per heavy atom. The molecule has 2 rings (SSSR count). The molecule has 21 heavy (non-hydrogen) atoms. The second kappa shape index (κ2) is 5.66. The van der Waals surface area contributed by atoms with Crippen molar-refractivity contribution in [2.24, 2.45) is 0 Å². The number of carboxylic acids is 1. The highest BCUT2D eigenvalue weighted by Crippen LogP contribution is 2.20. The van der Waals surface area contributed by atoms with E-state index in [0.29, 0.717) is 16.8 Å². The number of aromatic carboxylic acids is 1. The van der Waals surface area contributed by atoms with E-state index in [4.69, 9.17) is 5.11 Å². The van der Waals surface area contributed by atoms with Crippen LogP contribution in [0.4, 0.5) is 0 Å². The van der Waals surface area contributed by atoms with E-state index in [9.17, 15) is 13.2 Å². The van der Waals surface area contributed by atoms with Gasteiger partial charge in [0, 0.05) is 6.07 Å². The molecule has 0 atom stereocenters. The van der Waals surface area contributed by atoms with E-state index >= 15 is 0 Å². The maximum absolute atomic E-state index is 12.3. The van der Waals surface area contributed by atoms with Crippen LogP contribution in [0.2, 0.25) is 0 Å². The van der Waals surface area contributed by atoms with Gasteiger partial charge in [-0.2, -0.15) is 0 Å². The molecule has 0 bridgehead atoms. The summed E-state index contributed by atoms with van der Waals surface area (Å²) < 4.78 is 31.5. The van der Waals surface area contributed by atoms with Crippen LogP contribution in [0.3, 0.4) is 0 Å². The Hall–Kier alpha value is -2.19. The molecule has 0 amide bonds. The van der Waals surface area contributed by atoms with Crippen LogP contribution in [0.5, 0.6) is 0 Å². The summed E-state index contributed by atoms with van der Waals surface area (Å²) in [5.41, 5.74) is 1.38. The summed E-state index contributed by atoms with van der Waals surface area (Å²) in [5, 5.41) is 12.7. The topological polar surface area (TPSA) is 110 Å². The number of benzene rings is 1. The normalized spacial score (nSPS) is 11.5. The number of aryl methyl sites for hydroxylation is 2. The lowest BCUT2D eigenvalue weighted by molar-refractivity contribution is 0.0696. The second-order valence-corrected chi connectivity index (χ2v) is 6.29. The van der Waals surface area contributed by atoms with Crippen molar-refractivity contribution in [2.75, 3.05) is 0 Å². The van der Waals surface area contributed by atoms with Gasteiger partial charge in [0.1, 0.15) is 6.26 Å². The van der Waals surface area contributed by atoms with Crippen LogP contribution < -0.4 is 4.72 Å². The molecule has 1 aromatic heterocycles. The number of hydrogen-bond donors (Lipinski definition) is 2. The molecule has 0 saturated heterocycles. The van der Waals surface area contributed by atoms with Gasteiger partial charge >= 0.3 is 5.97 Å². The summed E-state index contributed by atoms with van der Waals surface area (Å²) in [7, 11) is -3.83. The van der Waals surface area contributed by atoms with E-state index in [2.05, 4.69) is 14.4 Å². The fraction of sp³-hybridized carbons (Fsp3) is 0.231. The van der Waals surface area contributed by atoms with Crippen LogP contribution in [0.25, 0.3) is 0 Å². The van der Waals surface area contributed by atoms with E-state index in [1.54, 1.807) is 13.8 Å². The lowest BCUT2D eigenvalue weighted by Crippen LogP contribution is -2.24. The molecule has 0 spiro atoms. The summed E-state index contributed by atoms with van der Waals surface area (Å²) in [6.45, 7) is 3.20. The Balaban J connectivity index is 2.35. The number of carbonyl (C=O) groups is 1.